The van der Waals surface area contributed by atoms with E-state index in [-0.39, 0.29) is 6.61 Å². The van der Waals surface area contributed by atoms with Crippen molar-refractivity contribution in [1.82, 2.24) is 20.2 Å². The maximum absolute atomic E-state index is 8.66. The molecule has 0 atom stereocenters. The lowest BCUT2D eigenvalue weighted by Gasteiger charge is -1.98. The molecule has 1 aliphatic carbocycles. The molecule has 0 saturated heterocycles. The largest absolute Gasteiger partial charge is 0.396 e. The van der Waals surface area contributed by atoms with Crippen LogP contribution in [0.4, 0.5) is 0 Å². The van der Waals surface area contributed by atoms with Crippen LogP contribution in [0.25, 0.3) is 0 Å². The van der Waals surface area contributed by atoms with E-state index in [2.05, 4.69) is 15.5 Å². The third-order valence-electron chi connectivity index (χ3n) is 1.79. The van der Waals surface area contributed by atoms with Crippen LogP contribution in [0, 0.1) is 0 Å². The zero-order valence-electron chi connectivity index (χ0n) is 6.14. The summed E-state index contributed by atoms with van der Waals surface area (Å²) in [6.07, 6.45) is 2.90. The molecule has 1 heterocycles. The number of aliphatic hydroxyl groups excluding tert-OH is 1. The number of hydrogen-bond acceptors (Lipinski definition) is 4. The zero-order valence-corrected chi connectivity index (χ0v) is 6.14. The van der Waals surface area contributed by atoms with Gasteiger partial charge in [0.1, 0.15) is 0 Å². The van der Waals surface area contributed by atoms with Crippen molar-refractivity contribution < 1.29 is 5.11 Å². The van der Waals surface area contributed by atoms with Crippen LogP contribution in [-0.4, -0.2) is 31.9 Å². The molecule has 5 heteroatoms. The van der Waals surface area contributed by atoms with E-state index >= 15 is 0 Å². The van der Waals surface area contributed by atoms with Gasteiger partial charge in [-0.1, -0.05) is 0 Å². The van der Waals surface area contributed by atoms with Gasteiger partial charge in [-0.3, -0.25) is 0 Å². The van der Waals surface area contributed by atoms with Crippen LogP contribution in [-0.2, 0) is 6.42 Å². The quantitative estimate of drug-likeness (QED) is 0.640. The fraction of sp³-hybridized carbons (Fsp3) is 0.833. The minimum Gasteiger partial charge on any atom is -0.396 e. The molecular formula is C6H10N4O. The Morgan fingerprint density at radius 2 is 2.36 bits per heavy atom. The monoisotopic (exact) mass is 154 g/mol. The van der Waals surface area contributed by atoms with Crippen LogP contribution in [0.2, 0.25) is 0 Å². The molecule has 0 aromatic carbocycles. The van der Waals surface area contributed by atoms with Crippen LogP contribution >= 0.6 is 0 Å². The van der Waals surface area contributed by atoms with Gasteiger partial charge in [0.25, 0.3) is 0 Å². The van der Waals surface area contributed by atoms with Crippen molar-refractivity contribution in [3.63, 3.8) is 0 Å². The summed E-state index contributed by atoms with van der Waals surface area (Å²) in [7, 11) is 0. The molecule has 1 fully saturated rings. The Hall–Kier alpha value is -0.970. The summed E-state index contributed by atoms with van der Waals surface area (Å²) >= 11 is 0. The summed E-state index contributed by atoms with van der Waals surface area (Å²) in [5.41, 5.74) is 0. The van der Waals surface area contributed by atoms with Gasteiger partial charge in [0.15, 0.2) is 5.82 Å². The number of hydrogen-bond donors (Lipinski definition) is 1. The van der Waals surface area contributed by atoms with Crippen LogP contribution < -0.4 is 0 Å². The summed E-state index contributed by atoms with van der Waals surface area (Å²) in [6.45, 7) is 0.118. The van der Waals surface area contributed by atoms with Crippen LogP contribution in [0.1, 0.15) is 24.7 Å². The molecule has 1 N–H and O–H groups in total. The maximum Gasteiger partial charge on any atom is 0.153 e. The van der Waals surface area contributed by atoms with Crippen LogP contribution in [0.5, 0.6) is 0 Å². The van der Waals surface area contributed by atoms with E-state index in [1.807, 2.05) is 4.68 Å². The lowest BCUT2D eigenvalue weighted by atomic mass is 10.4. The minimum absolute atomic E-state index is 0.118. The van der Waals surface area contributed by atoms with E-state index in [0.717, 1.165) is 5.82 Å². The minimum atomic E-state index is 0.118. The average molecular weight is 154 g/mol. The first kappa shape index (κ1) is 6.72. The molecule has 1 saturated carbocycles. The van der Waals surface area contributed by atoms with Crippen molar-refractivity contribution in [1.29, 1.82) is 0 Å². The first-order valence-corrected chi connectivity index (χ1v) is 3.79. The Morgan fingerprint density at radius 3 is 3.00 bits per heavy atom. The number of aliphatic hydroxyl groups is 1. The first-order valence-electron chi connectivity index (χ1n) is 3.79. The highest BCUT2D eigenvalue weighted by molar-refractivity contribution is 4.89. The van der Waals surface area contributed by atoms with Crippen LogP contribution in [0.15, 0.2) is 0 Å². The Bertz CT molecular complexity index is 242. The van der Waals surface area contributed by atoms with Crippen LogP contribution in [0.3, 0.4) is 0 Å². The molecule has 60 valence electrons. The van der Waals surface area contributed by atoms with Gasteiger partial charge in [-0.05, 0) is 23.3 Å². The predicted molar refractivity (Wildman–Crippen MR) is 36.9 cm³/mol. The van der Waals surface area contributed by atoms with Gasteiger partial charge < -0.3 is 5.11 Å². The summed E-state index contributed by atoms with van der Waals surface area (Å²) < 4.78 is 1.82. The Kier molecular flexibility index (Phi) is 1.58. The smallest absolute Gasteiger partial charge is 0.153 e. The molecule has 0 radical (unpaired) electrons. The first-order chi connectivity index (χ1) is 5.42. The summed E-state index contributed by atoms with van der Waals surface area (Å²) in [6, 6.07) is 0.506. The molecule has 11 heavy (non-hydrogen) atoms. The van der Waals surface area contributed by atoms with E-state index in [4.69, 9.17) is 5.11 Å². The lowest BCUT2D eigenvalue weighted by Crippen LogP contribution is -2.05. The maximum atomic E-state index is 8.66. The molecule has 5 nitrogen and oxygen atoms in total. The fourth-order valence-electron chi connectivity index (χ4n) is 1.08. The van der Waals surface area contributed by atoms with E-state index in [0.29, 0.717) is 12.5 Å². The van der Waals surface area contributed by atoms with Crippen molar-refractivity contribution in [2.45, 2.75) is 25.3 Å². The summed E-state index contributed by atoms with van der Waals surface area (Å²) in [5.74, 6) is 0.801. The molecule has 0 unspecified atom stereocenters. The van der Waals surface area contributed by atoms with E-state index in [1.54, 1.807) is 0 Å². The van der Waals surface area contributed by atoms with Crippen molar-refractivity contribution in [2.75, 3.05) is 6.61 Å². The third kappa shape index (κ3) is 1.23. The number of aromatic nitrogens is 4. The molecule has 0 bridgehead atoms. The van der Waals surface area contributed by atoms with Crippen molar-refractivity contribution in [3.8, 4) is 0 Å². The highest BCUT2D eigenvalue weighted by atomic mass is 16.3. The molecular weight excluding hydrogens is 144 g/mol. The van der Waals surface area contributed by atoms with Gasteiger partial charge in [0.2, 0.25) is 0 Å². The molecule has 2 rings (SSSR count). The summed E-state index contributed by atoms with van der Waals surface area (Å²) in [4.78, 5) is 0. The SMILES string of the molecule is OCCc1nnnn1C1CC1. The second-order valence-corrected chi connectivity index (χ2v) is 2.74. The topological polar surface area (TPSA) is 63.8 Å². The molecule has 0 amide bonds. The summed E-state index contributed by atoms with van der Waals surface area (Å²) in [5, 5.41) is 19.9. The van der Waals surface area contributed by atoms with E-state index < -0.39 is 0 Å². The fourth-order valence-corrected chi connectivity index (χ4v) is 1.08. The van der Waals surface area contributed by atoms with Crippen molar-refractivity contribution in [2.24, 2.45) is 0 Å². The molecule has 0 spiro atoms. The van der Waals surface area contributed by atoms with Gasteiger partial charge in [-0.25, -0.2) is 4.68 Å². The highest BCUT2D eigenvalue weighted by Gasteiger charge is 2.27. The van der Waals surface area contributed by atoms with Gasteiger partial charge in [0.05, 0.1) is 12.6 Å². The van der Waals surface area contributed by atoms with E-state index in [1.165, 1.54) is 12.8 Å². The Morgan fingerprint density at radius 1 is 1.55 bits per heavy atom. The molecule has 1 aromatic heterocycles. The number of nitrogens with zero attached hydrogens (tertiary/aromatic N) is 4. The highest BCUT2D eigenvalue weighted by Crippen LogP contribution is 2.34. The third-order valence-corrected chi connectivity index (χ3v) is 1.79. The van der Waals surface area contributed by atoms with Crippen molar-refractivity contribution >= 4 is 0 Å². The Labute approximate surface area is 64.0 Å². The molecule has 1 aromatic rings. The normalized spacial score (nSPS) is 17.2. The van der Waals surface area contributed by atoms with Gasteiger partial charge in [-0.15, -0.1) is 5.10 Å². The van der Waals surface area contributed by atoms with Crippen molar-refractivity contribution in [3.05, 3.63) is 5.82 Å². The van der Waals surface area contributed by atoms with Gasteiger partial charge in [-0.2, -0.15) is 0 Å². The molecule has 1 aliphatic rings. The number of rotatable bonds is 3. The predicted octanol–water partition coefficient (Wildman–Crippen LogP) is -0.457. The Balaban J connectivity index is 2.16. The lowest BCUT2D eigenvalue weighted by molar-refractivity contribution is 0.293. The van der Waals surface area contributed by atoms with Gasteiger partial charge >= 0.3 is 0 Å². The standard InChI is InChI=1S/C6H10N4O/c11-4-3-6-7-8-9-10(6)5-1-2-5/h5,11H,1-4H2. The second-order valence-electron chi connectivity index (χ2n) is 2.74. The van der Waals surface area contributed by atoms with E-state index in [9.17, 15) is 0 Å². The molecule has 0 aliphatic heterocycles. The zero-order chi connectivity index (χ0) is 7.68. The van der Waals surface area contributed by atoms with Gasteiger partial charge in [0, 0.05) is 6.42 Å². The second kappa shape index (κ2) is 2.58. The average Bonchev–Trinajstić information content (AvgIpc) is 2.75. The number of tetrazole rings is 1.